The zero-order chi connectivity index (χ0) is 15.3. The van der Waals surface area contributed by atoms with Crippen molar-refractivity contribution in [1.29, 1.82) is 0 Å². The smallest absolute Gasteiger partial charge is 0.240 e. The first-order valence-corrected chi connectivity index (χ1v) is 7.91. The average molecular weight is 307 g/mol. The predicted molar refractivity (Wildman–Crippen MR) is 80.8 cm³/mol. The Morgan fingerprint density at radius 2 is 1.90 bits per heavy atom. The van der Waals surface area contributed by atoms with Crippen LogP contribution in [-0.2, 0) is 16.4 Å². The van der Waals surface area contributed by atoms with Crippen molar-refractivity contribution >= 4 is 15.8 Å². The van der Waals surface area contributed by atoms with Gasteiger partial charge in [-0.1, -0.05) is 12.1 Å². The van der Waals surface area contributed by atoms with E-state index in [0.717, 1.165) is 5.56 Å². The molecule has 112 valence electrons. The van der Waals surface area contributed by atoms with Gasteiger partial charge in [0.2, 0.25) is 10.0 Å². The molecule has 0 atom stereocenters. The number of nitrogens with zero attached hydrogens (tertiary/aromatic N) is 1. The first-order valence-electron chi connectivity index (χ1n) is 6.42. The Balaban J connectivity index is 1.99. The van der Waals surface area contributed by atoms with E-state index in [4.69, 9.17) is 0 Å². The number of hydrogen-bond acceptors (Lipinski definition) is 5. The molecule has 0 aliphatic carbocycles. The van der Waals surface area contributed by atoms with Crippen LogP contribution in [0, 0.1) is 0 Å². The van der Waals surface area contributed by atoms with Crippen LogP contribution in [0.1, 0.15) is 5.56 Å². The molecule has 1 aromatic heterocycles. The highest BCUT2D eigenvalue weighted by molar-refractivity contribution is 7.89. The molecule has 0 amide bonds. The monoisotopic (exact) mass is 307 g/mol. The Bertz CT molecular complexity index is 700. The van der Waals surface area contributed by atoms with Crippen LogP contribution in [0.3, 0.4) is 0 Å². The largest absolute Gasteiger partial charge is 0.508 e. The summed E-state index contributed by atoms with van der Waals surface area (Å²) in [5.41, 5.74) is 0.946. The van der Waals surface area contributed by atoms with Gasteiger partial charge in [-0.25, -0.2) is 18.1 Å². The maximum Gasteiger partial charge on any atom is 0.240 e. The number of aromatic nitrogens is 1. The molecular weight excluding hydrogens is 290 g/mol. The van der Waals surface area contributed by atoms with Crippen molar-refractivity contribution in [2.24, 2.45) is 0 Å². The zero-order valence-electron chi connectivity index (χ0n) is 11.6. The molecule has 0 aliphatic rings. The molecule has 6 nitrogen and oxygen atoms in total. The van der Waals surface area contributed by atoms with E-state index in [9.17, 15) is 13.5 Å². The molecule has 0 fully saturated rings. The fourth-order valence-electron chi connectivity index (χ4n) is 1.79. The summed E-state index contributed by atoms with van der Waals surface area (Å²) in [4.78, 5) is 4.15. The van der Waals surface area contributed by atoms with E-state index in [1.54, 1.807) is 31.3 Å². The summed E-state index contributed by atoms with van der Waals surface area (Å²) in [5, 5.41) is 12.0. The van der Waals surface area contributed by atoms with Gasteiger partial charge in [-0.15, -0.1) is 0 Å². The number of rotatable bonds is 6. The van der Waals surface area contributed by atoms with Crippen LogP contribution in [0.4, 0.5) is 5.82 Å². The molecule has 21 heavy (non-hydrogen) atoms. The molecule has 0 aliphatic heterocycles. The third-order valence-electron chi connectivity index (χ3n) is 2.94. The summed E-state index contributed by atoms with van der Waals surface area (Å²) in [6.07, 6.45) is 1.99. The predicted octanol–water partition coefficient (Wildman–Crippen LogP) is 1.35. The number of sulfonamides is 1. The number of benzene rings is 1. The average Bonchev–Trinajstić information content (AvgIpc) is 2.49. The summed E-state index contributed by atoms with van der Waals surface area (Å²) in [6.45, 7) is 0.282. The van der Waals surface area contributed by atoms with Gasteiger partial charge in [0.15, 0.2) is 0 Å². The fraction of sp³-hybridized carbons (Fsp3) is 0.214. The van der Waals surface area contributed by atoms with Gasteiger partial charge in [0.05, 0.1) is 4.90 Å². The second-order valence-electron chi connectivity index (χ2n) is 4.44. The van der Waals surface area contributed by atoms with E-state index in [0.29, 0.717) is 12.2 Å². The Kier molecular flexibility index (Phi) is 4.77. The molecule has 1 aromatic carbocycles. The van der Waals surface area contributed by atoms with E-state index in [1.165, 1.54) is 18.3 Å². The first kappa shape index (κ1) is 15.3. The molecule has 0 saturated carbocycles. The maximum absolute atomic E-state index is 12.1. The maximum atomic E-state index is 12.1. The van der Waals surface area contributed by atoms with Gasteiger partial charge < -0.3 is 10.4 Å². The normalized spacial score (nSPS) is 11.3. The fourth-order valence-corrected chi connectivity index (χ4v) is 2.83. The lowest BCUT2D eigenvalue weighted by molar-refractivity contribution is 0.475. The van der Waals surface area contributed by atoms with Gasteiger partial charge in [-0.05, 0) is 30.2 Å². The van der Waals surface area contributed by atoms with Crippen molar-refractivity contribution in [1.82, 2.24) is 9.71 Å². The third kappa shape index (κ3) is 4.17. The highest BCUT2D eigenvalue weighted by Gasteiger charge is 2.14. The second-order valence-corrected chi connectivity index (χ2v) is 6.21. The number of pyridine rings is 1. The van der Waals surface area contributed by atoms with Gasteiger partial charge in [-0.2, -0.15) is 0 Å². The summed E-state index contributed by atoms with van der Waals surface area (Å²) < 4.78 is 26.8. The van der Waals surface area contributed by atoms with Gasteiger partial charge in [0.25, 0.3) is 0 Å². The molecule has 7 heteroatoms. The molecule has 0 spiro atoms. The van der Waals surface area contributed by atoms with Crippen molar-refractivity contribution in [2.75, 3.05) is 18.9 Å². The Morgan fingerprint density at radius 1 is 1.19 bits per heavy atom. The van der Waals surface area contributed by atoms with Gasteiger partial charge >= 0.3 is 0 Å². The molecule has 0 saturated heterocycles. The molecule has 0 unspecified atom stereocenters. The van der Waals surface area contributed by atoms with Gasteiger partial charge in [0.1, 0.15) is 11.6 Å². The van der Waals surface area contributed by atoms with E-state index >= 15 is 0 Å². The van der Waals surface area contributed by atoms with Crippen LogP contribution in [0.25, 0.3) is 0 Å². The van der Waals surface area contributed by atoms with Crippen LogP contribution in [0.2, 0.25) is 0 Å². The number of phenolic OH excluding ortho intramolecular Hbond substituents is 1. The summed E-state index contributed by atoms with van der Waals surface area (Å²) in [5.74, 6) is 0.687. The van der Waals surface area contributed by atoms with Crippen molar-refractivity contribution in [3.8, 4) is 5.75 Å². The number of phenols is 1. The Hall–Kier alpha value is -2.12. The van der Waals surface area contributed by atoms with Gasteiger partial charge in [0, 0.05) is 25.9 Å². The molecule has 2 aromatic rings. The molecule has 2 rings (SSSR count). The SMILES string of the molecule is CNc1cc(S(=O)(=O)NCCc2ccc(O)cc2)ccn1. The lowest BCUT2D eigenvalue weighted by Crippen LogP contribution is -2.26. The number of hydrogen-bond donors (Lipinski definition) is 3. The second kappa shape index (κ2) is 6.55. The minimum absolute atomic E-state index is 0.174. The minimum Gasteiger partial charge on any atom is -0.508 e. The van der Waals surface area contributed by atoms with Crippen molar-refractivity contribution in [3.05, 3.63) is 48.2 Å². The standard InChI is InChI=1S/C14H17N3O3S/c1-15-14-10-13(7-8-16-14)21(19,20)17-9-6-11-2-4-12(18)5-3-11/h2-5,7-8,10,17-18H,6,9H2,1H3,(H,15,16). The molecule has 0 bridgehead atoms. The molecular formula is C14H17N3O3S. The third-order valence-corrected chi connectivity index (χ3v) is 4.40. The van der Waals surface area contributed by atoms with Crippen molar-refractivity contribution in [3.63, 3.8) is 0 Å². The summed E-state index contributed by atoms with van der Waals surface area (Å²) in [7, 11) is -1.87. The lowest BCUT2D eigenvalue weighted by atomic mass is 10.1. The van der Waals surface area contributed by atoms with E-state index in [2.05, 4.69) is 15.0 Å². The van der Waals surface area contributed by atoms with Crippen LogP contribution >= 0.6 is 0 Å². The summed E-state index contributed by atoms with van der Waals surface area (Å²) >= 11 is 0. The molecule has 1 heterocycles. The molecule has 0 radical (unpaired) electrons. The van der Waals surface area contributed by atoms with Crippen LogP contribution < -0.4 is 10.0 Å². The zero-order valence-corrected chi connectivity index (χ0v) is 12.4. The van der Waals surface area contributed by atoms with E-state index in [1.807, 2.05) is 0 Å². The van der Waals surface area contributed by atoms with Crippen LogP contribution in [0.15, 0.2) is 47.5 Å². The Labute approximate surface area is 123 Å². The Morgan fingerprint density at radius 3 is 2.57 bits per heavy atom. The lowest BCUT2D eigenvalue weighted by Gasteiger charge is -2.08. The van der Waals surface area contributed by atoms with E-state index in [-0.39, 0.29) is 17.2 Å². The van der Waals surface area contributed by atoms with Crippen LogP contribution in [0.5, 0.6) is 5.75 Å². The minimum atomic E-state index is -3.55. The first-order chi connectivity index (χ1) is 10.0. The quantitative estimate of drug-likeness (QED) is 0.749. The number of aromatic hydroxyl groups is 1. The highest BCUT2D eigenvalue weighted by Crippen LogP contribution is 2.13. The topological polar surface area (TPSA) is 91.3 Å². The van der Waals surface area contributed by atoms with Gasteiger partial charge in [-0.3, -0.25) is 0 Å². The number of anilines is 1. The van der Waals surface area contributed by atoms with E-state index < -0.39 is 10.0 Å². The number of nitrogens with one attached hydrogen (secondary N) is 2. The highest BCUT2D eigenvalue weighted by atomic mass is 32.2. The summed E-state index contributed by atoms with van der Waals surface area (Å²) in [6, 6.07) is 9.59. The molecule has 3 N–H and O–H groups in total. The van der Waals surface area contributed by atoms with Crippen LogP contribution in [-0.4, -0.2) is 32.1 Å². The van der Waals surface area contributed by atoms with Crippen molar-refractivity contribution in [2.45, 2.75) is 11.3 Å². The van der Waals surface area contributed by atoms with Crippen molar-refractivity contribution < 1.29 is 13.5 Å².